The lowest BCUT2D eigenvalue weighted by molar-refractivity contribution is -0.125. The first-order valence-corrected chi connectivity index (χ1v) is 5.06. The quantitative estimate of drug-likeness (QED) is 0.625. The van der Waals surface area contributed by atoms with Crippen molar-refractivity contribution in [2.45, 2.75) is 6.92 Å². The number of carbonyl (C=O) groups is 2. The molecule has 0 unspecified atom stereocenters. The van der Waals surface area contributed by atoms with Gasteiger partial charge in [0.05, 0.1) is 5.02 Å². The number of halogens is 2. The molecule has 17 heavy (non-hydrogen) atoms. The summed E-state index contributed by atoms with van der Waals surface area (Å²) in [6.07, 6.45) is 2.64. The summed E-state index contributed by atoms with van der Waals surface area (Å²) < 4.78 is 12.8. The Morgan fingerprint density at radius 2 is 2.06 bits per heavy atom. The maximum Gasteiger partial charge on any atom is 0.262 e. The summed E-state index contributed by atoms with van der Waals surface area (Å²) in [7, 11) is 0. The van der Waals surface area contributed by atoms with Crippen molar-refractivity contribution in [1.29, 1.82) is 0 Å². The van der Waals surface area contributed by atoms with Crippen LogP contribution in [0, 0.1) is 5.82 Å². The molecule has 0 fully saturated rings. The van der Waals surface area contributed by atoms with Gasteiger partial charge in [0, 0.05) is 13.0 Å². The summed E-state index contributed by atoms with van der Waals surface area (Å²) >= 11 is 5.57. The molecule has 1 aromatic rings. The maximum atomic E-state index is 12.8. The third-order valence-corrected chi connectivity index (χ3v) is 2.02. The van der Waals surface area contributed by atoms with Gasteiger partial charge in [-0.3, -0.25) is 20.4 Å². The Labute approximate surface area is 102 Å². The van der Waals surface area contributed by atoms with E-state index in [0.717, 1.165) is 0 Å². The van der Waals surface area contributed by atoms with E-state index in [1.807, 2.05) is 0 Å². The van der Waals surface area contributed by atoms with Crippen molar-refractivity contribution in [2.75, 3.05) is 0 Å². The molecule has 2 N–H and O–H groups in total. The molecule has 1 rings (SSSR count). The third-order valence-electron chi connectivity index (χ3n) is 1.73. The van der Waals surface area contributed by atoms with Crippen LogP contribution in [0.2, 0.25) is 5.02 Å². The van der Waals surface area contributed by atoms with E-state index in [4.69, 9.17) is 11.6 Å². The Morgan fingerprint density at radius 3 is 2.65 bits per heavy atom. The maximum absolute atomic E-state index is 12.8. The molecular weight excluding hydrogens is 247 g/mol. The van der Waals surface area contributed by atoms with Gasteiger partial charge in [0.1, 0.15) is 5.82 Å². The monoisotopic (exact) mass is 256 g/mol. The Hall–Kier alpha value is -1.88. The minimum atomic E-state index is -0.522. The number of hydrogen-bond donors (Lipinski definition) is 2. The first-order valence-electron chi connectivity index (χ1n) is 4.68. The number of rotatable bonds is 2. The minimum absolute atomic E-state index is 0.0191. The van der Waals surface area contributed by atoms with Gasteiger partial charge in [0.25, 0.3) is 5.91 Å². The summed E-state index contributed by atoms with van der Waals surface area (Å²) in [6.45, 7) is 1.27. The molecule has 0 bridgehead atoms. The molecule has 2 amide bonds. The van der Waals surface area contributed by atoms with Crippen LogP contribution in [0.1, 0.15) is 12.5 Å². The van der Waals surface area contributed by atoms with Gasteiger partial charge in [-0.2, -0.15) is 0 Å². The first kappa shape index (κ1) is 13.2. The van der Waals surface area contributed by atoms with E-state index < -0.39 is 11.7 Å². The number of hydrogen-bond acceptors (Lipinski definition) is 2. The van der Waals surface area contributed by atoms with Crippen molar-refractivity contribution < 1.29 is 14.0 Å². The number of hydrazine groups is 1. The fourth-order valence-corrected chi connectivity index (χ4v) is 1.17. The van der Waals surface area contributed by atoms with E-state index in [1.54, 1.807) is 0 Å². The molecule has 4 nitrogen and oxygen atoms in total. The molecule has 0 saturated heterocycles. The van der Waals surface area contributed by atoms with Crippen LogP contribution < -0.4 is 10.9 Å². The highest BCUT2D eigenvalue weighted by molar-refractivity contribution is 6.30. The van der Waals surface area contributed by atoms with Gasteiger partial charge in [0.15, 0.2) is 0 Å². The van der Waals surface area contributed by atoms with Crippen molar-refractivity contribution in [3.63, 3.8) is 0 Å². The van der Waals surface area contributed by atoms with Crippen LogP contribution in [0.4, 0.5) is 4.39 Å². The summed E-state index contributed by atoms with van der Waals surface area (Å²) in [5, 5.41) is -0.0191. The van der Waals surface area contributed by atoms with Gasteiger partial charge in [-0.25, -0.2) is 4.39 Å². The van der Waals surface area contributed by atoms with Crippen LogP contribution in [0.15, 0.2) is 24.3 Å². The third kappa shape index (κ3) is 4.65. The minimum Gasteiger partial charge on any atom is -0.274 e. The number of amides is 2. The summed E-state index contributed by atoms with van der Waals surface area (Å²) in [5.74, 6) is -1.40. The second kappa shape index (κ2) is 6.00. The largest absolute Gasteiger partial charge is 0.274 e. The first-order chi connectivity index (χ1) is 7.99. The van der Waals surface area contributed by atoms with Gasteiger partial charge in [-0.1, -0.05) is 17.7 Å². The van der Waals surface area contributed by atoms with E-state index in [9.17, 15) is 14.0 Å². The van der Waals surface area contributed by atoms with Crippen LogP contribution in [0.5, 0.6) is 0 Å². The van der Waals surface area contributed by atoms with Gasteiger partial charge in [-0.15, -0.1) is 0 Å². The van der Waals surface area contributed by atoms with E-state index in [0.29, 0.717) is 5.56 Å². The lowest BCUT2D eigenvalue weighted by Crippen LogP contribution is -2.39. The predicted molar refractivity (Wildman–Crippen MR) is 62.4 cm³/mol. The zero-order chi connectivity index (χ0) is 12.8. The Kier molecular flexibility index (Phi) is 4.66. The Bertz CT molecular complexity index is 475. The summed E-state index contributed by atoms with van der Waals surface area (Å²) in [6, 6.07) is 4.07. The Balaban J connectivity index is 2.61. The lowest BCUT2D eigenvalue weighted by atomic mass is 10.2. The highest BCUT2D eigenvalue weighted by Gasteiger charge is 1.99. The Morgan fingerprint density at radius 1 is 1.35 bits per heavy atom. The van der Waals surface area contributed by atoms with Crippen LogP contribution in [0.3, 0.4) is 0 Å². The molecule has 0 heterocycles. The van der Waals surface area contributed by atoms with Crippen molar-refractivity contribution in [3.8, 4) is 0 Å². The second-order valence-corrected chi connectivity index (χ2v) is 3.58. The molecule has 0 atom stereocenters. The molecule has 0 spiro atoms. The molecular formula is C11H10ClFN2O2. The second-order valence-electron chi connectivity index (χ2n) is 3.18. The molecule has 0 saturated carbocycles. The fourth-order valence-electron chi connectivity index (χ4n) is 0.979. The zero-order valence-electron chi connectivity index (χ0n) is 8.96. The highest BCUT2D eigenvalue weighted by atomic mass is 35.5. The van der Waals surface area contributed by atoms with Crippen LogP contribution in [0.25, 0.3) is 6.08 Å². The number of benzene rings is 1. The molecule has 0 radical (unpaired) electrons. The average molecular weight is 257 g/mol. The van der Waals surface area contributed by atoms with Crippen LogP contribution >= 0.6 is 11.6 Å². The smallest absolute Gasteiger partial charge is 0.262 e. The van der Waals surface area contributed by atoms with Crippen molar-refractivity contribution in [3.05, 3.63) is 40.7 Å². The van der Waals surface area contributed by atoms with Gasteiger partial charge in [-0.05, 0) is 23.8 Å². The van der Waals surface area contributed by atoms with E-state index in [2.05, 4.69) is 10.9 Å². The topological polar surface area (TPSA) is 58.2 Å². The molecule has 0 aromatic heterocycles. The number of carbonyl (C=O) groups excluding carboxylic acids is 2. The molecule has 6 heteroatoms. The predicted octanol–water partition coefficient (Wildman–Crippen LogP) is 1.66. The van der Waals surface area contributed by atoms with Crippen molar-refractivity contribution in [1.82, 2.24) is 10.9 Å². The SMILES string of the molecule is CC(=O)NNC(=O)/C=C/c1ccc(F)c(Cl)c1. The molecule has 1 aromatic carbocycles. The van der Waals surface area contributed by atoms with Crippen molar-refractivity contribution >= 4 is 29.5 Å². The fraction of sp³-hybridized carbons (Fsp3) is 0.0909. The highest BCUT2D eigenvalue weighted by Crippen LogP contribution is 2.16. The normalized spacial score (nSPS) is 10.3. The van der Waals surface area contributed by atoms with Crippen molar-refractivity contribution in [2.24, 2.45) is 0 Å². The van der Waals surface area contributed by atoms with E-state index in [-0.39, 0.29) is 10.9 Å². The van der Waals surface area contributed by atoms with Gasteiger partial charge < -0.3 is 0 Å². The van der Waals surface area contributed by atoms with Gasteiger partial charge in [0.2, 0.25) is 5.91 Å². The van der Waals surface area contributed by atoms with Crippen LogP contribution in [-0.4, -0.2) is 11.8 Å². The zero-order valence-corrected chi connectivity index (χ0v) is 9.72. The summed E-state index contributed by atoms with van der Waals surface area (Å²) in [4.78, 5) is 21.6. The van der Waals surface area contributed by atoms with E-state index >= 15 is 0 Å². The standard InChI is InChI=1S/C11H10ClFN2O2/c1-7(16)14-15-11(17)5-3-8-2-4-10(13)9(12)6-8/h2-6H,1H3,(H,14,16)(H,15,17)/b5-3+. The molecule has 0 aliphatic heterocycles. The van der Waals surface area contributed by atoms with Crippen LogP contribution in [-0.2, 0) is 9.59 Å². The average Bonchev–Trinajstić information content (AvgIpc) is 2.28. The van der Waals surface area contributed by atoms with E-state index in [1.165, 1.54) is 37.3 Å². The molecule has 90 valence electrons. The lowest BCUT2D eigenvalue weighted by Gasteiger charge is -2.00. The molecule has 0 aliphatic carbocycles. The van der Waals surface area contributed by atoms with Gasteiger partial charge >= 0.3 is 0 Å². The molecule has 0 aliphatic rings. The summed E-state index contributed by atoms with van der Waals surface area (Å²) in [5.41, 5.74) is 4.85. The number of nitrogens with one attached hydrogen (secondary N) is 2.